The highest BCUT2D eigenvalue weighted by molar-refractivity contribution is 5.91. The van der Waals surface area contributed by atoms with Gasteiger partial charge in [0.05, 0.1) is 6.42 Å². The Kier molecular flexibility index (Phi) is 5.42. The molecule has 1 aromatic carbocycles. The number of aliphatic carboxylic acids is 1. The molecule has 1 atom stereocenters. The van der Waals surface area contributed by atoms with E-state index in [0.29, 0.717) is 17.7 Å². The monoisotopic (exact) mass is 260 g/mol. The first-order valence-electron chi connectivity index (χ1n) is 5.83. The third-order valence-corrected chi connectivity index (χ3v) is 2.41. The molecular formula is C14H16N2O3. The number of terminal acetylenes is 1. The summed E-state index contributed by atoms with van der Waals surface area (Å²) in [5.41, 5.74) is 1.03. The van der Waals surface area contributed by atoms with E-state index in [1.54, 1.807) is 31.2 Å². The van der Waals surface area contributed by atoms with Crippen LogP contribution in [0.2, 0.25) is 0 Å². The summed E-state index contributed by atoms with van der Waals surface area (Å²) in [6.07, 6.45) is 5.44. The van der Waals surface area contributed by atoms with Crippen LogP contribution in [-0.2, 0) is 11.2 Å². The molecule has 0 aliphatic carbocycles. The number of carboxylic acids is 1. The molecule has 5 nitrogen and oxygen atoms in total. The Morgan fingerprint density at radius 1 is 1.42 bits per heavy atom. The van der Waals surface area contributed by atoms with E-state index in [4.69, 9.17) is 11.5 Å². The first-order valence-corrected chi connectivity index (χ1v) is 5.83. The van der Waals surface area contributed by atoms with Crippen molar-refractivity contribution in [3.63, 3.8) is 0 Å². The summed E-state index contributed by atoms with van der Waals surface area (Å²) in [5, 5.41) is 14.1. The molecule has 0 aliphatic heterocycles. The van der Waals surface area contributed by atoms with Crippen molar-refractivity contribution < 1.29 is 14.7 Å². The van der Waals surface area contributed by atoms with Gasteiger partial charge in [0.1, 0.15) is 0 Å². The highest BCUT2D eigenvalue weighted by Gasteiger charge is 2.10. The van der Waals surface area contributed by atoms with Crippen LogP contribution in [0.4, 0.5) is 10.5 Å². The number of hydrogen-bond acceptors (Lipinski definition) is 2. The van der Waals surface area contributed by atoms with Gasteiger partial charge in [-0.2, -0.15) is 0 Å². The zero-order valence-electron chi connectivity index (χ0n) is 10.6. The molecular weight excluding hydrogens is 244 g/mol. The lowest BCUT2D eigenvalue weighted by Crippen LogP contribution is -2.36. The van der Waals surface area contributed by atoms with Crippen molar-refractivity contribution in [3.8, 4) is 12.3 Å². The first kappa shape index (κ1) is 14.6. The maximum absolute atomic E-state index is 11.7. The van der Waals surface area contributed by atoms with Crippen molar-refractivity contribution in [2.75, 3.05) is 5.32 Å². The Balaban J connectivity index is 2.69. The summed E-state index contributed by atoms with van der Waals surface area (Å²) < 4.78 is 0. The van der Waals surface area contributed by atoms with Crippen LogP contribution in [0.3, 0.4) is 0 Å². The van der Waals surface area contributed by atoms with Gasteiger partial charge in [-0.25, -0.2) is 4.79 Å². The standard InChI is InChI=1S/C14H16N2O3/c1-3-6-10(2)15-14(19)16-12-8-5-4-7-11(12)9-13(17)18/h1,4-5,7-8,10H,6,9H2,2H3,(H,17,18)(H2,15,16,19). The molecule has 1 unspecified atom stereocenters. The number of carbonyl (C=O) groups excluding carboxylic acids is 1. The van der Waals surface area contributed by atoms with Crippen molar-refractivity contribution in [3.05, 3.63) is 29.8 Å². The number of amides is 2. The van der Waals surface area contributed by atoms with Crippen LogP contribution >= 0.6 is 0 Å². The Labute approximate surface area is 112 Å². The van der Waals surface area contributed by atoms with Crippen molar-refractivity contribution in [2.24, 2.45) is 0 Å². The van der Waals surface area contributed by atoms with E-state index in [1.165, 1.54) is 0 Å². The van der Waals surface area contributed by atoms with Gasteiger partial charge in [-0.15, -0.1) is 12.3 Å². The van der Waals surface area contributed by atoms with Crippen LogP contribution in [-0.4, -0.2) is 23.1 Å². The van der Waals surface area contributed by atoms with E-state index in [-0.39, 0.29) is 12.5 Å². The topological polar surface area (TPSA) is 78.4 Å². The molecule has 0 saturated heterocycles. The van der Waals surface area contributed by atoms with Gasteiger partial charge < -0.3 is 15.7 Å². The van der Waals surface area contributed by atoms with E-state index >= 15 is 0 Å². The van der Waals surface area contributed by atoms with E-state index in [2.05, 4.69) is 16.6 Å². The lowest BCUT2D eigenvalue weighted by molar-refractivity contribution is -0.136. The lowest BCUT2D eigenvalue weighted by atomic mass is 10.1. The van der Waals surface area contributed by atoms with Gasteiger partial charge in [0.25, 0.3) is 0 Å². The molecule has 19 heavy (non-hydrogen) atoms. The van der Waals surface area contributed by atoms with Crippen LogP contribution in [0.15, 0.2) is 24.3 Å². The van der Waals surface area contributed by atoms with Crippen molar-refractivity contribution in [2.45, 2.75) is 25.8 Å². The summed E-state index contributed by atoms with van der Waals surface area (Å²) in [6.45, 7) is 1.79. The van der Waals surface area contributed by atoms with Gasteiger partial charge >= 0.3 is 12.0 Å². The SMILES string of the molecule is C#CCC(C)NC(=O)Nc1ccccc1CC(=O)O. The first-order chi connectivity index (χ1) is 9.02. The Bertz CT molecular complexity index is 506. The minimum Gasteiger partial charge on any atom is -0.481 e. The van der Waals surface area contributed by atoms with Crippen LogP contribution in [0.5, 0.6) is 0 Å². The van der Waals surface area contributed by atoms with Crippen LogP contribution in [0.1, 0.15) is 18.9 Å². The minimum absolute atomic E-state index is 0.142. The Morgan fingerprint density at radius 3 is 2.74 bits per heavy atom. The third-order valence-electron chi connectivity index (χ3n) is 2.41. The maximum Gasteiger partial charge on any atom is 0.319 e. The smallest absolute Gasteiger partial charge is 0.319 e. The average Bonchev–Trinajstić information content (AvgIpc) is 2.31. The second kappa shape index (κ2) is 7.07. The molecule has 2 amide bonds. The lowest BCUT2D eigenvalue weighted by Gasteiger charge is -2.14. The number of para-hydroxylation sites is 1. The zero-order chi connectivity index (χ0) is 14.3. The summed E-state index contributed by atoms with van der Waals surface area (Å²) >= 11 is 0. The second-order valence-electron chi connectivity index (χ2n) is 4.14. The van der Waals surface area contributed by atoms with E-state index in [9.17, 15) is 9.59 Å². The van der Waals surface area contributed by atoms with Crippen LogP contribution in [0, 0.1) is 12.3 Å². The predicted octanol–water partition coefficient (Wildman–Crippen LogP) is 1.85. The molecule has 0 aromatic heterocycles. The van der Waals surface area contributed by atoms with Gasteiger partial charge in [-0.1, -0.05) is 18.2 Å². The molecule has 0 saturated carbocycles. The van der Waals surface area contributed by atoms with Gasteiger partial charge in [-0.3, -0.25) is 4.79 Å². The molecule has 100 valence electrons. The maximum atomic E-state index is 11.7. The fraction of sp³-hybridized carbons (Fsp3) is 0.286. The Morgan fingerprint density at radius 2 is 2.11 bits per heavy atom. The number of hydrogen-bond donors (Lipinski definition) is 3. The molecule has 0 aliphatic rings. The molecule has 0 fully saturated rings. The molecule has 3 N–H and O–H groups in total. The molecule has 1 rings (SSSR count). The molecule has 1 aromatic rings. The van der Waals surface area contributed by atoms with E-state index < -0.39 is 12.0 Å². The average molecular weight is 260 g/mol. The number of nitrogens with one attached hydrogen (secondary N) is 2. The molecule has 0 heterocycles. The number of carboxylic acid groups (broad SMARTS) is 1. The molecule has 0 bridgehead atoms. The fourth-order valence-corrected chi connectivity index (χ4v) is 1.57. The molecule has 0 spiro atoms. The van der Waals surface area contributed by atoms with Crippen molar-refractivity contribution in [1.82, 2.24) is 5.32 Å². The zero-order valence-corrected chi connectivity index (χ0v) is 10.6. The second-order valence-corrected chi connectivity index (χ2v) is 4.14. The summed E-state index contributed by atoms with van der Waals surface area (Å²) in [5.74, 6) is 1.51. The largest absolute Gasteiger partial charge is 0.481 e. The number of carbonyl (C=O) groups is 2. The summed E-state index contributed by atoms with van der Waals surface area (Å²) in [7, 11) is 0. The third kappa shape index (κ3) is 5.13. The van der Waals surface area contributed by atoms with Crippen molar-refractivity contribution >= 4 is 17.7 Å². The normalized spacial score (nSPS) is 11.2. The molecule has 0 radical (unpaired) electrons. The minimum atomic E-state index is -0.949. The fourth-order valence-electron chi connectivity index (χ4n) is 1.57. The van der Waals surface area contributed by atoms with Crippen LogP contribution < -0.4 is 10.6 Å². The Hall–Kier alpha value is -2.48. The van der Waals surface area contributed by atoms with Gasteiger partial charge in [0.2, 0.25) is 0 Å². The quantitative estimate of drug-likeness (QED) is 0.707. The van der Waals surface area contributed by atoms with Crippen molar-refractivity contribution in [1.29, 1.82) is 0 Å². The van der Waals surface area contributed by atoms with Gasteiger partial charge in [0, 0.05) is 18.2 Å². The molecule has 5 heteroatoms. The number of urea groups is 1. The van der Waals surface area contributed by atoms with Gasteiger partial charge in [-0.05, 0) is 18.6 Å². The highest BCUT2D eigenvalue weighted by atomic mass is 16.4. The highest BCUT2D eigenvalue weighted by Crippen LogP contribution is 2.15. The van der Waals surface area contributed by atoms with E-state index in [0.717, 1.165) is 0 Å². The number of anilines is 1. The summed E-state index contributed by atoms with van der Waals surface area (Å²) in [4.78, 5) is 22.4. The number of benzene rings is 1. The number of rotatable bonds is 5. The predicted molar refractivity (Wildman–Crippen MR) is 72.8 cm³/mol. The summed E-state index contributed by atoms with van der Waals surface area (Å²) in [6, 6.07) is 6.23. The van der Waals surface area contributed by atoms with Crippen LogP contribution in [0.25, 0.3) is 0 Å². The van der Waals surface area contributed by atoms with Gasteiger partial charge in [0.15, 0.2) is 0 Å². The van der Waals surface area contributed by atoms with E-state index in [1.807, 2.05) is 0 Å².